The molecule has 198 valence electrons. The molecule has 1 aromatic rings. The second kappa shape index (κ2) is 11.6. The number of piperidine rings is 1. The van der Waals surface area contributed by atoms with Crippen molar-refractivity contribution in [1.29, 1.82) is 0 Å². The highest BCUT2D eigenvalue weighted by Crippen LogP contribution is 2.24. The van der Waals surface area contributed by atoms with E-state index in [1.807, 2.05) is 0 Å². The zero-order chi connectivity index (χ0) is 26.5. The number of benzene rings is 1. The molecule has 0 aromatic heterocycles. The molecule has 4 N–H and O–H groups in total. The summed E-state index contributed by atoms with van der Waals surface area (Å²) >= 11 is 0. The summed E-state index contributed by atoms with van der Waals surface area (Å²) in [6, 6.07) is 5.21. The van der Waals surface area contributed by atoms with Crippen LogP contribution in [0.5, 0.6) is 0 Å². The largest absolute Gasteiger partial charge is 0.405 e. The third kappa shape index (κ3) is 6.96. The van der Waals surface area contributed by atoms with Gasteiger partial charge >= 0.3 is 0 Å². The maximum atomic E-state index is 13.1. The number of nitrogens with zero attached hydrogens (tertiary/aromatic N) is 3. The van der Waals surface area contributed by atoms with Gasteiger partial charge in [-0.15, -0.1) is 0 Å². The van der Waals surface area contributed by atoms with E-state index in [1.54, 1.807) is 17.1 Å². The average Bonchev–Trinajstić information content (AvgIpc) is 2.83. The smallest absolute Gasteiger partial charge is 0.243 e. The van der Waals surface area contributed by atoms with Gasteiger partial charge in [0.15, 0.2) is 9.84 Å². The number of hydrogen-bond donors (Lipinski definition) is 2. The van der Waals surface area contributed by atoms with E-state index in [1.165, 1.54) is 34.8 Å². The van der Waals surface area contributed by atoms with Crippen LogP contribution < -0.4 is 11.5 Å². The van der Waals surface area contributed by atoms with Crippen LogP contribution in [0.2, 0.25) is 0 Å². The highest BCUT2D eigenvalue weighted by atomic mass is 32.2. The summed E-state index contributed by atoms with van der Waals surface area (Å²) in [4.78, 5) is 17.2. The molecule has 0 bridgehead atoms. The fourth-order valence-corrected chi connectivity index (χ4v) is 6.57. The fourth-order valence-electron chi connectivity index (χ4n) is 4.52. The Kier molecular flexibility index (Phi) is 8.98. The summed E-state index contributed by atoms with van der Waals surface area (Å²) in [5.74, 6) is -0.0212. The fraction of sp³-hybridized carbons (Fsp3) is 0.458. The van der Waals surface area contributed by atoms with Crippen molar-refractivity contribution < 1.29 is 21.6 Å². The molecule has 0 atom stereocenters. The Balaban J connectivity index is 1.53. The molecule has 0 aliphatic carbocycles. The minimum atomic E-state index is -3.77. The molecule has 12 heteroatoms. The molecule has 2 heterocycles. The summed E-state index contributed by atoms with van der Waals surface area (Å²) in [6.07, 6.45) is 7.58. The Labute approximate surface area is 213 Å². The number of carbonyl (C=O) groups excluding carboxylic acids is 1. The molecule has 0 unspecified atom stereocenters. The second-order valence-corrected chi connectivity index (χ2v) is 13.1. The van der Waals surface area contributed by atoms with E-state index in [4.69, 9.17) is 11.5 Å². The number of carbonyl (C=O) groups is 1. The first-order valence-corrected chi connectivity index (χ1v) is 15.1. The van der Waals surface area contributed by atoms with Gasteiger partial charge in [0.05, 0.1) is 9.79 Å². The molecule has 0 spiro atoms. The van der Waals surface area contributed by atoms with Gasteiger partial charge in [-0.25, -0.2) is 16.8 Å². The Hall–Kier alpha value is -2.67. The van der Waals surface area contributed by atoms with E-state index in [9.17, 15) is 21.6 Å². The topological polar surface area (TPSA) is 147 Å². The van der Waals surface area contributed by atoms with Crippen molar-refractivity contribution in [3.8, 4) is 0 Å². The van der Waals surface area contributed by atoms with Crippen molar-refractivity contribution in [3.05, 3.63) is 60.5 Å². The highest BCUT2D eigenvalue weighted by Gasteiger charge is 2.34. The van der Waals surface area contributed by atoms with E-state index in [-0.39, 0.29) is 34.7 Å². The van der Waals surface area contributed by atoms with Crippen LogP contribution in [-0.4, -0.2) is 88.9 Å². The van der Waals surface area contributed by atoms with Crippen molar-refractivity contribution in [3.63, 3.8) is 0 Å². The van der Waals surface area contributed by atoms with Crippen molar-refractivity contribution in [1.82, 2.24) is 14.1 Å². The lowest BCUT2D eigenvalue weighted by atomic mass is 9.94. The number of likely N-dealkylation sites (tertiary alicyclic amines) is 1. The molecule has 2 aliphatic rings. The van der Waals surface area contributed by atoms with E-state index in [0.29, 0.717) is 25.3 Å². The Morgan fingerprint density at radius 1 is 1.00 bits per heavy atom. The van der Waals surface area contributed by atoms with Crippen LogP contribution in [0.3, 0.4) is 0 Å². The molecular weight excluding hydrogens is 502 g/mol. The monoisotopic (exact) mass is 537 g/mol. The standard InChI is InChI=1S/C24H35N5O5S2/c1-19(26)17-20(7-10-25)18-27-11-8-21(9-12-27)24(30)28-13-15-29(16-14-28)36(33,34)23-5-3-22(4-6-23)35(2,31)32/h3-7,10,17,21H,1,8-9,11-16,18,25-26H2,2H3/b10-7-,20-17+. The van der Waals surface area contributed by atoms with Crippen molar-refractivity contribution in [2.24, 2.45) is 17.4 Å². The summed E-state index contributed by atoms with van der Waals surface area (Å²) in [6.45, 7) is 6.95. The summed E-state index contributed by atoms with van der Waals surface area (Å²) < 4.78 is 50.6. The molecule has 2 saturated heterocycles. The molecule has 1 aromatic carbocycles. The van der Waals surface area contributed by atoms with Crippen molar-refractivity contribution >= 4 is 25.8 Å². The predicted molar refractivity (Wildman–Crippen MR) is 139 cm³/mol. The minimum absolute atomic E-state index is 0.0400. The molecule has 36 heavy (non-hydrogen) atoms. The zero-order valence-electron chi connectivity index (χ0n) is 20.5. The van der Waals surface area contributed by atoms with Gasteiger partial charge in [0.2, 0.25) is 15.9 Å². The number of sulfonamides is 1. The summed E-state index contributed by atoms with van der Waals surface area (Å²) in [5.41, 5.74) is 12.6. The van der Waals surface area contributed by atoms with Gasteiger partial charge < -0.3 is 16.4 Å². The molecule has 3 rings (SSSR count). The van der Waals surface area contributed by atoms with Gasteiger partial charge in [0.25, 0.3) is 0 Å². The maximum absolute atomic E-state index is 13.1. The van der Waals surface area contributed by atoms with Gasteiger partial charge in [0.1, 0.15) is 0 Å². The number of piperazine rings is 1. The van der Waals surface area contributed by atoms with Crippen molar-refractivity contribution in [2.45, 2.75) is 22.6 Å². The first-order chi connectivity index (χ1) is 16.9. The maximum Gasteiger partial charge on any atom is 0.243 e. The first-order valence-electron chi connectivity index (χ1n) is 11.8. The van der Waals surface area contributed by atoms with E-state index in [0.717, 1.165) is 37.8 Å². The molecule has 10 nitrogen and oxygen atoms in total. The Morgan fingerprint density at radius 2 is 1.56 bits per heavy atom. The lowest BCUT2D eigenvalue weighted by Crippen LogP contribution is -2.52. The normalized spacial score (nSPS) is 19.6. The Morgan fingerprint density at radius 3 is 2.06 bits per heavy atom. The molecular formula is C24H35N5O5S2. The van der Waals surface area contributed by atoms with Gasteiger partial charge in [-0.2, -0.15) is 4.31 Å². The first kappa shape index (κ1) is 27.9. The van der Waals surface area contributed by atoms with Gasteiger partial charge in [-0.05, 0) is 74.1 Å². The van der Waals surface area contributed by atoms with Crippen molar-refractivity contribution in [2.75, 3.05) is 52.1 Å². The second-order valence-electron chi connectivity index (χ2n) is 9.18. The predicted octanol–water partition coefficient (Wildman–Crippen LogP) is 0.506. The zero-order valence-corrected chi connectivity index (χ0v) is 22.2. The van der Waals surface area contributed by atoms with Crippen LogP contribution in [-0.2, 0) is 24.7 Å². The van der Waals surface area contributed by atoms with Crippen LogP contribution >= 0.6 is 0 Å². The lowest BCUT2D eigenvalue weighted by Gasteiger charge is -2.38. The third-order valence-electron chi connectivity index (χ3n) is 6.46. The molecule has 2 aliphatic heterocycles. The third-order valence-corrected chi connectivity index (χ3v) is 9.51. The Bertz CT molecular complexity index is 1220. The average molecular weight is 538 g/mol. The van der Waals surface area contributed by atoms with Gasteiger partial charge in [-0.1, -0.05) is 6.58 Å². The van der Waals surface area contributed by atoms with Crippen LogP contribution in [0.25, 0.3) is 0 Å². The molecule has 1 amide bonds. The lowest BCUT2D eigenvalue weighted by molar-refractivity contribution is -0.138. The van der Waals surface area contributed by atoms with Gasteiger partial charge in [-0.3, -0.25) is 9.69 Å². The summed E-state index contributed by atoms with van der Waals surface area (Å²) in [5, 5.41) is 0. The molecule has 2 fully saturated rings. The minimum Gasteiger partial charge on any atom is -0.405 e. The summed E-state index contributed by atoms with van der Waals surface area (Å²) in [7, 11) is -7.18. The van der Waals surface area contributed by atoms with Crippen LogP contribution in [0.4, 0.5) is 0 Å². The SMILES string of the molecule is C=C(N)/C=C(\C=C/N)CN1CCC(C(=O)N2CCN(S(=O)(=O)c3ccc(S(C)(=O)=O)cc3)CC2)CC1. The number of amides is 1. The van der Waals surface area contributed by atoms with Gasteiger partial charge in [0, 0.05) is 50.6 Å². The van der Waals surface area contributed by atoms with E-state index < -0.39 is 19.9 Å². The number of hydrogen-bond acceptors (Lipinski definition) is 8. The molecule has 0 radical (unpaired) electrons. The highest BCUT2D eigenvalue weighted by molar-refractivity contribution is 7.90. The van der Waals surface area contributed by atoms with E-state index in [2.05, 4.69) is 11.5 Å². The number of nitrogens with two attached hydrogens (primary N) is 2. The number of allylic oxidation sites excluding steroid dienone is 1. The quantitative estimate of drug-likeness (QED) is 0.456. The van der Waals surface area contributed by atoms with E-state index >= 15 is 0 Å². The van der Waals surface area contributed by atoms with Crippen LogP contribution in [0.15, 0.2) is 70.3 Å². The van der Waals surface area contributed by atoms with Crippen LogP contribution in [0, 0.1) is 5.92 Å². The molecule has 0 saturated carbocycles. The number of sulfone groups is 1. The number of rotatable bonds is 8. The van der Waals surface area contributed by atoms with Crippen LogP contribution in [0.1, 0.15) is 12.8 Å².